The van der Waals surface area contributed by atoms with Gasteiger partial charge in [-0.3, -0.25) is 0 Å². The van der Waals surface area contributed by atoms with E-state index in [0.717, 1.165) is 6.54 Å². The Kier molecular flexibility index (Phi) is 5.89. The second-order valence-electron chi connectivity index (χ2n) is 5.47. The van der Waals surface area contributed by atoms with Gasteiger partial charge in [-0.25, -0.2) is 13.1 Å². The molecule has 102 valence electrons. The fourth-order valence-electron chi connectivity index (χ4n) is 1.42. The van der Waals surface area contributed by atoms with E-state index in [-0.39, 0.29) is 5.75 Å². The largest absolute Gasteiger partial charge is 0.314 e. The molecule has 0 radical (unpaired) electrons. The molecule has 0 aliphatic heterocycles. The smallest absolute Gasteiger partial charge is 0.211 e. The molecule has 0 aromatic rings. The lowest BCUT2D eigenvalue weighted by Crippen LogP contribution is -2.33. The Bertz CT molecular complexity index is 310. The van der Waals surface area contributed by atoms with E-state index in [2.05, 4.69) is 30.8 Å². The highest BCUT2D eigenvalue weighted by molar-refractivity contribution is 7.89. The second-order valence-corrected chi connectivity index (χ2v) is 7.40. The zero-order valence-corrected chi connectivity index (χ0v) is 12.0. The maximum Gasteiger partial charge on any atom is 0.211 e. The first-order chi connectivity index (χ1) is 7.91. The van der Waals surface area contributed by atoms with E-state index in [4.69, 9.17) is 0 Å². The Balaban J connectivity index is 2.11. The third-order valence-electron chi connectivity index (χ3n) is 3.36. The van der Waals surface area contributed by atoms with Crippen molar-refractivity contribution in [1.29, 1.82) is 0 Å². The molecule has 17 heavy (non-hydrogen) atoms. The fourth-order valence-corrected chi connectivity index (χ4v) is 2.61. The van der Waals surface area contributed by atoms with Gasteiger partial charge in [0.2, 0.25) is 10.0 Å². The summed E-state index contributed by atoms with van der Waals surface area (Å²) in [6.45, 7) is 7.65. The van der Waals surface area contributed by atoms with Crippen LogP contribution in [0.1, 0.15) is 40.0 Å². The molecule has 0 heterocycles. The minimum Gasteiger partial charge on any atom is -0.314 e. The van der Waals surface area contributed by atoms with Crippen molar-refractivity contribution in [2.75, 3.05) is 18.8 Å². The number of sulfonamides is 1. The third-order valence-corrected chi connectivity index (χ3v) is 4.80. The number of rotatable bonds is 9. The van der Waals surface area contributed by atoms with E-state index >= 15 is 0 Å². The lowest BCUT2D eigenvalue weighted by molar-refractivity contribution is 0.414. The Hall–Kier alpha value is -0.130. The molecule has 1 rings (SSSR count). The molecule has 0 saturated heterocycles. The summed E-state index contributed by atoms with van der Waals surface area (Å²) >= 11 is 0. The molecule has 0 spiro atoms. The molecule has 0 amide bonds. The second kappa shape index (κ2) is 6.71. The summed E-state index contributed by atoms with van der Waals surface area (Å²) in [4.78, 5) is 0. The van der Waals surface area contributed by atoms with Crippen LogP contribution < -0.4 is 10.0 Å². The first-order valence-electron chi connectivity index (χ1n) is 6.61. The van der Waals surface area contributed by atoms with Crippen LogP contribution in [0.15, 0.2) is 0 Å². The van der Waals surface area contributed by atoms with E-state index in [1.165, 1.54) is 12.8 Å². The van der Waals surface area contributed by atoms with Crippen molar-refractivity contribution in [1.82, 2.24) is 10.0 Å². The topological polar surface area (TPSA) is 58.2 Å². The van der Waals surface area contributed by atoms with Crippen LogP contribution in [0, 0.1) is 11.8 Å². The number of hydrogen-bond acceptors (Lipinski definition) is 3. The van der Waals surface area contributed by atoms with Crippen molar-refractivity contribution in [3.8, 4) is 0 Å². The molecule has 1 unspecified atom stereocenters. The van der Waals surface area contributed by atoms with Gasteiger partial charge in [0.1, 0.15) is 0 Å². The monoisotopic (exact) mass is 262 g/mol. The van der Waals surface area contributed by atoms with Gasteiger partial charge in [-0.1, -0.05) is 20.8 Å². The average Bonchev–Trinajstić information content (AvgIpc) is 3.05. The van der Waals surface area contributed by atoms with E-state index < -0.39 is 10.0 Å². The summed E-state index contributed by atoms with van der Waals surface area (Å²) in [6.07, 6.45) is 3.19. The Morgan fingerprint density at radius 2 is 1.88 bits per heavy atom. The van der Waals surface area contributed by atoms with Crippen LogP contribution in [0.25, 0.3) is 0 Å². The molecule has 0 aromatic heterocycles. The Morgan fingerprint density at radius 1 is 1.24 bits per heavy atom. The van der Waals surface area contributed by atoms with Crippen molar-refractivity contribution in [3.05, 3.63) is 0 Å². The summed E-state index contributed by atoms with van der Waals surface area (Å²) in [5.74, 6) is 1.13. The van der Waals surface area contributed by atoms with Crippen molar-refractivity contribution in [2.24, 2.45) is 11.8 Å². The SMILES string of the molecule is CC(C)C(C)CNS(=O)(=O)CCCNC1CC1. The highest BCUT2D eigenvalue weighted by Crippen LogP contribution is 2.18. The van der Waals surface area contributed by atoms with Crippen LogP contribution in [-0.4, -0.2) is 33.3 Å². The standard InChI is InChI=1S/C12H26N2O2S/c1-10(2)11(3)9-14-17(15,16)8-4-7-13-12-5-6-12/h10-14H,4-9H2,1-3H3. The summed E-state index contributed by atoms with van der Waals surface area (Å²) in [5.41, 5.74) is 0. The molecule has 2 N–H and O–H groups in total. The van der Waals surface area contributed by atoms with Gasteiger partial charge in [0.15, 0.2) is 0 Å². The maximum atomic E-state index is 11.7. The molecule has 1 saturated carbocycles. The van der Waals surface area contributed by atoms with Gasteiger partial charge in [0.05, 0.1) is 5.75 Å². The van der Waals surface area contributed by atoms with Crippen molar-refractivity contribution in [2.45, 2.75) is 46.1 Å². The Morgan fingerprint density at radius 3 is 2.41 bits per heavy atom. The molecular formula is C12H26N2O2S. The van der Waals surface area contributed by atoms with E-state index in [9.17, 15) is 8.42 Å². The zero-order valence-electron chi connectivity index (χ0n) is 11.2. The molecule has 1 fully saturated rings. The zero-order chi connectivity index (χ0) is 12.9. The lowest BCUT2D eigenvalue weighted by atomic mass is 9.99. The van der Waals surface area contributed by atoms with E-state index in [0.29, 0.717) is 30.8 Å². The number of nitrogens with one attached hydrogen (secondary N) is 2. The van der Waals surface area contributed by atoms with Gasteiger partial charge in [-0.15, -0.1) is 0 Å². The minimum absolute atomic E-state index is 0.234. The van der Waals surface area contributed by atoms with Gasteiger partial charge in [0, 0.05) is 12.6 Å². The predicted molar refractivity (Wildman–Crippen MR) is 71.4 cm³/mol. The predicted octanol–water partition coefficient (Wildman–Crippen LogP) is 1.34. The molecule has 0 bridgehead atoms. The fraction of sp³-hybridized carbons (Fsp3) is 1.00. The highest BCUT2D eigenvalue weighted by atomic mass is 32.2. The van der Waals surface area contributed by atoms with Crippen LogP contribution >= 0.6 is 0 Å². The van der Waals surface area contributed by atoms with Gasteiger partial charge in [-0.2, -0.15) is 0 Å². The highest BCUT2D eigenvalue weighted by Gasteiger charge is 2.20. The van der Waals surface area contributed by atoms with Gasteiger partial charge in [0.25, 0.3) is 0 Å². The normalized spacial score (nSPS) is 18.6. The van der Waals surface area contributed by atoms with Crippen LogP contribution in [0.4, 0.5) is 0 Å². The van der Waals surface area contributed by atoms with Crippen molar-refractivity contribution in [3.63, 3.8) is 0 Å². The molecule has 4 nitrogen and oxygen atoms in total. The maximum absolute atomic E-state index is 11.7. The van der Waals surface area contributed by atoms with Gasteiger partial charge in [-0.05, 0) is 37.6 Å². The quantitative estimate of drug-likeness (QED) is 0.617. The number of hydrogen-bond donors (Lipinski definition) is 2. The van der Waals surface area contributed by atoms with Gasteiger partial charge < -0.3 is 5.32 Å². The molecule has 5 heteroatoms. The van der Waals surface area contributed by atoms with Crippen LogP contribution in [0.5, 0.6) is 0 Å². The molecule has 1 atom stereocenters. The first kappa shape index (κ1) is 14.9. The average molecular weight is 262 g/mol. The molecule has 1 aliphatic rings. The third kappa shape index (κ3) is 7.01. The van der Waals surface area contributed by atoms with Crippen molar-refractivity contribution >= 4 is 10.0 Å². The summed E-state index contributed by atoms with van der Waals surface area (Å²) in [7, 11) is -3.08. The summed E-state index contributed by atoms with van der Waals surface area (Å²) in [6, 6.07) is 0.659. The summed E-state index contributed by atoms with van der Waals surface area (Å²) in [5, 5.41) is 3.32. The van der Waals surface area contributed by atoms with E-state index in [1.807, 2.05) is 0 Å². The molecule has 0 aromatic carbocycles. The van der Waals surface area contributed by atoms with Crippen LogP contribution in [-0.2, 0) is 10.0 Å². The molecule has 1 aliphatic carbocycles. The van der Waals surface area contributed by atoms with Gasteiger partial charge >= 0.3 is 0 Å². The molecular weight excluding hydrogens is 236 g/mol. The first-order valence-corrected chi connectivity index (χ1v) is 8.26. The van der Waals surface area contributed by atoms with Crippen LogP contribution in [0.3, 0.4) is 0 Å². The Labute approximate surface area is 106 Å². The van der Waals surface area contributed by atoms with Crippen molar-refractivity contribution < 1.29 is 8.42 Å². The minimum atomic E-state index is -3.08. The summed E-state index contributed by atoms with van der Waals surface area (Å²) < 4.78 is 26.0. The van der Waals surface area contributed by atoms with E-state index in [1.54, 1.807) is 0 Å². The van der Waals surface area contributed by atoms with Crippen LogP contribution in [0.2, 0.25) is 0 Å². The lowest BCUT2D eigenvalue weighted by Gasteiger charge is -2.16.